The summed E-state index contributed by atoms with van der Waals surface area (Å²) in [5.41, 5.74) is 0. The molecule has 1 atom stereocenters. The molecule has 1 aliphatic heterocycles. The molecule has 102 valence electrons. The Labute approximate surface area is 103 Å². The van der Waals surface area contributed by atoms with Gasteiger partial charge in [-0.2, -0.15) is 0 Å². The smallest absolute Gasteiger partial charge is 0.0809 e. The molecule has 1 heterocycles. The molecule has 0 aromatic rings. The van der Waals surface area contributed by atoms with E-state index in [0.29, 0.717) is 52.4 Å². The predicted molar refractivity (Wildman–Crippen MR) is 63.3 cm³/mol. The second kappa shape index (κ2) is 10.9. The topological polar surface area (TPSA) is 46.2 Å². The van der Waals surface area contributed by atoms with E-state index >= 15 is 0 Å². The van der Waals surface area contributed by atoms with Crippen molar-refractivity contribution in [1.82, 2.24) is 0 Å². The SMILES string of the molecule is COCCOCCOCCOCC1CCCO1. The molecule has 17 heavy (non-hydrogen) atoms. The molecule has 0 N–H and O–H groups in total. The Morgan fingerprint density at radius 3 is 2.18 bits per heavy atom. The van der Waals surface area contributed by atoms with Crippen LogP contribution in [0.4, 0.5) is 0 Å². The maximum absolute atomic E-state index is 5.45. The van der Waals surface area contributed by atoms with Gasteiger partial charge in [-0.05, 0) is 12.8 Å². The van der Waals surface area contributed by atoms with E-state index in [0.717, 1.165) is 19.4 Å². The summed E-state index contributed by atoms with van der Waals surface area (Å²) in [7, 11) is 1.66. The molecule has 0 radical (unpaired) electrons. The molecule has 1 fully saturated rings. The molecular formula is C12H24O5. The second-order valence-corrected chi connectivity index (χ2v) is 3.93. The molecule has 0 spiro atoms. The fourth-order valence-electron chi connectivity index (χ4n) is 1.57. The molecule has 0 aromatic heterocycles. The van der Waals surface area contributed by atoms with E-state index in [-0.39, 0.29) is 0 Å². The first-order valence-electron chi connectivity index (χ1n) is 6.27. The first-order valence-corrected chi connectivity index (χ1v) is 6.27. The molecule has 1 saturated heterocycles. The Balaban J connectivity index is 1.69. The molecular weight excluding hydrogens is 224 g/mol. The van der Waals surface area contributed by atoms with Gasteiger partial charge in [0, 0.05) is 13.7 Å². The maximum Gasteiger partial charge on any atom is 0.0809 e. The number of hydrogen-bond acceptors (Lipinski definition) is 5. The number of ether oxygens (including phenoxy) is 5. The van der Waals surface area contributed by atoms with Crippen molar-refractivity contribution in [3.8, 4) is 0 Å². The second-order valence-electron chi connectivity index (χ2n) is 3.93. The Hall–Kier alpha value is -0.200. The van der Waals surface area contributed by atoms with E-state index in [4.69, 9.17) is 23.7 Å². The van der Waals surface area contributed by atoms with Crippen LogP contribution in [-0.4, -0.2) is 66.1 Å². The van der Waals surface area contributed by atoms with E-state index in [1.807, 2.05) is 0 Å². The highest BCUT2D eigenvalue weighted by Crippen LogP contribution is 2.11. The van der Waals surface area contributed by atoms with E-state index in [1.54, 1.807) is 7.11 Å². The molecule has 0 aliphatic carbocycles. The van der Waals surface area contributed by atoms with Gasteiger partial charge in [0.1, 0.15) is 0 Å². The summed E-state index contributed by atoms with van der Waals surface area (Å²) in [6.07, 6.45) is 2.57. The third kappa shape index (κ3) is 8.51. The first-order chi connectivity index (χ1) is 8.43. The van der Waals surface area contributed by atoms with Crippen LogP contribution in [0.1, 0.15) is 12.8 Å². The van der Waals surface area contributed by atoms with Crippen LogP contribution in [0.3, 0.4) is 0 Å². The fraction of sp³-hybridized carbons (Fsp3) is 1.00. The van der Waals surface area contributed by atoms with E-state index in [9.17, 15) is 0 Å². The number of hydrogen-bond donors (Lipinski definition) is 0. The molecule has 0 bridgehead atoms. The van der Waals surface area contributed by atoms with Crippen LogP contribution in [0, 0.1) is 0 Å². The highest BCUT2D eigenvalue weighted by molar-refractivity contribution is 4.63. The molecule has 0 amide bonds. The van der Waals surface area contributed by atoms with Crippen molar-refractivity contribution >= 4 is 0 Å². The standard InChI is InChI=1S/C12H24O5/c1-13-5-6-14-7-8-15-9-10-16-11-12-3-2-4-17-12/h12H,2-11H2,1H3. The van der Waals surface area contributed by atoms with Gasteiger partial charge in [-0.1, -0.05) is 0 Å². The lowest BCUT2D eigenvalue weighted by Crippen LogP contribution is -2.17. The lowest BCUT2D eigenvalue weighted by molar-refractivity contribution is -0.0201. The van der Waals surface area contributed by atoms with E-state index < -0.39 is 0 Å². The minimum atomic E-state index is 0.298. The van der Waals surface area contributed by atoms with Crippen LogP contribution in [0.2, 0.25) is 0 Å². The summed E-state index contributed by atoms with van der Waals surface area (Å²) in [5.74, 6) is 0. The predicted octanol–water partition coefficient (Wildman–Crippen LogP) is 0.862. The fourth-order valence-corrected chi connectivity index (χ4v) is 1.57. The highest BCUT2D eigenvalue weighted by atomic mass is 16.6. The summed E-state index contributed by atoms with van der Waals surface area (Å²) in [4.78, 5) is 0. The zero-order chi connectivity index (χ0) is 12.2. The van der Waals surface area contributed by atoms with Gasteiger partial charge in [0.2, 0.25) is 0 Å². The third-order valence-corrected chi connectivity index (χ3v) is 2.50. The summed E-state index contributed by atoms with van der Waals surface area (Å²) < 4.78 is 26.3. The molecule has 1 aliphatic rings. The van der Waals surface area contributed by atoms with Crippen molar-refractivity contribution in [3.05, 3.63) is 0 Å². The van der Waals surface area contributed by atoms with E-state index in [1.165, 1.54) is 0 Å². The third-order valence-electron chi connectivity index (χ3n) is 2.50. The van der Waals surface area contributed by atoms with Crippen molar-refractivity contribution in [2.24, 2.45) is 0 Å². The molecule has 5 heteroatoms. The number of methoxy groups -OCH3 is 1. The van der Waals surface area contributed by atoms with Gasteiger partial charge in [-0.15, -0.1) is 0 Å². The molecule has 1 rings (SSSR count). The number of rotatable bonds is 11. The minimum absolute atomic E-state index is 0.298. The average Bonchev–Trinajstić information content (AvgIpc) is 2.85. The van der Waals surface area contributed by atoms with Gasteiger partial charge in [0.15, 0.2) is 0 Å². The van der Waals surface area contributed by atoms with Crippen LogP contribution in [0.25, 0.3) is 0 Å². The lowest BCUT2D eigenvalue weighted by atomic mass is 10.2. The van der Waals surface area contributed by atoms with Crippen LogP contribution in [-0.2, 0) is 23.7 Å². The van der Waals surface area contributed by atoms with Gasteiger partial charge in [-0.25, -0.2) is 0 Å². The van der Waals surface area contributed by atoms with Crippen molar-refractivity contribution in [1.29, 1.82) is 0 Å². The van der Waals surface area contributed by atoms with Crippen molar-refractivity contribution in [2.75, 3.05) is 60.0 Å². The maximum atomic E-state index is 5.45. The summed E-state index contributed by atoms with van der Waals surface area (Å²) in [5, 5.41) is 0. The Morgan fingerprint density at radius 1 is 0.941 bits per heavy atom. The summed E-state index contributed by atoms with van der Waals surface area (Å²) in [6, 6.07) is 0. The van der Waals surface area contributed by atoms with Crippen molar-refractivity contribution in [2.45, 2.75) is 18.9 Å². The summed E-state index contributed by atoms with van der Waals surface area (Å²) >= 11 is 0. The van der Waals surface area contributed by atoms with E-state index in [2.05, 4.69) is 0 Å². The monoisotopic (exact) mass is 248 g/mol. The zero-order valence-electron chi connectivity index (χ0n) is 10.7. The van der Waals surface area contributed by atoms with Crippen LogP contribution >= 0.6 is 0 Å². The molecule has 1 unspecified atom stereocenters. The van der Waals surface area contributed by atoms with Gasteiger partial charge < -0.3 is 23.7 Å². The Bertz CT molecular complexity index is 159. The minimum Gasteiger partial charge on any atom is -0.382 e. The lowest BCUT2D eigenvalue weighted by Gasteiger charge is -2.10. The van der Waals surface area contributed by atoms with Gasteiger partial charge in [-0.3, -0.25) is 0 Å². The van der Waals surface area contributed by atoms with Crippen LogP contribution in [0.5, 0.6) is 0 Å². The molecule has 0 aromatic carbocycles. The van der Waals surface area contributed by atoms with Gasteiger partial charge in [0.25, 0.3) is 0 Å². The highest BCUT2D eigenvalue weighted by Gasteiger charge is 2.14. The largest absolute Gasteiger partial charge is 0.382 e. The average molecular weight is 248 g/mol. The van der Waals surface area contributed by atoms with Crippen molar-refractivity contribution in [3.63, 3.8) is 0 Å². The van der Waals surface area contributed by atoms with Crippen LogP contribution in [0.15, 0.2) is 0 Å². The summed E-state index contributed by atoms with van der Waals surface area (Å²) in [6.45, 7) is 5.26. The van der Waals surface area contributed by atoms with Gasteiger partial charge >= 0.3 is 0 Å². The Morgan fingerprint density at radius 2 is 1.59 bits per heavy atom. The van der Waals surface area contributed by atoms with Crippen molar-refractivity contribution < 1.29 is 23.7 Å². The zero-order valence-corrected chi connectivity index (χ0v) is 10.7. The normalized spacial score (nSPS) is 19.9. The molecule has 0 saturated carbocycles. The molecule has 5 nitrogen and oxygen atoms in total. The quantitative estimate of drug-likeness (QED) is 0.508. The van der Waals surface area contributed by atoms with Crippen LogP contribution < -0.4 is 0 Å². The first kappa shape index (κ1) is 14.9. The van der Waals surface area contributed by atoms with Gasteiger partial charge in [0.05, 0.1) is 52.4 Å². The Kier molecular flexibility index (Phi) is 9.55.